The normalized spacial score (nSPS) is 37.8. The third-order valence-electron chi connectivity index (χ3n) is 7.74. The maximum atomic E-state index is 12.8. The molecule has 174 valence electrons. The molecule has 0 aromatic rings. The van der Waals surface area contributed by atoms with Gasteiger partial charge in [0.25, 0.3) is 0 Å². The van der Waals surface area contributed by atoms with Gasteiger partial charge in [0.1, 0.15) is 12.2 Å². The summed E-state index contributed by atoms with van der Waals surface area (Å²) in [5.41, 5.74) is 1.28. The van der Waals surface area contributed by atoms with E-state index >= 15 is 0 Å². The molecular weight excluding hydrogens is 392 g/mol. The van der Waals surface area contributed by atoms with Gasteiger partial charge in [-0.15, -0.1) is 0 Å². The first-order valence-electron chi connectivity index (χ1n) is 12.2. The highest BCUT2D eigenvalue weighted by molar-refractivity contribution is 5.73. The van der Waals surface area contributed by atoms with Crippen LogP contribution in [0.1, 0.15) is 73.1 Å². The predicted octanol–water partition coefficient (Wildman–Crippen LogP) is 4.83. The van der Waals surface area contributed by atoms with Crippen molar-refractivity contribution < 1.29 is 24.2 Å². The third kappa shape index (κ3) is 5.42. The van der Waals surface area contributed by atoms with E-state index in [0.717, 1.165) is 32.1 Å². The lowest BCUT2D eigenvalue weighted by Gasteiger charge is -2.43. The van der Waals surface area contributed by atoms with Crippen molar-refractivity contribution in [2.45, 2.75) is 91.5 Å². The van der Waals surface area contributed by atoms with Crippen molar-refractivity contribution in [3.63, 3.8) is 0 Å². The van der Waals surface area contributed by atoms with Crippen LogP contribution in [0.15, 0.2) is 23.8 Å². The van der Waals surface area contributed by atoms with Crippen molar-refractivity contribution in [1.82, 2.24) is 0 Å². The van der Waals surface area contributed by atoms with Gasteiger partial charge in [0.05, 0.1) is 17.9 Å². The molecule has 0 radical (unpaired) electrons. The third-order valence-corrected chi connectivity index (χ3v) is 7.74. The molecule has 1 heterocycles. The number of rotatable bonds is 7. The second-order valence-electron chi connectivity index (χ2n) is 10.0. The number of aliphatic hydroxyl groups is 1. The molecule has 5 nitrogen and oxygen atoms in total. The lowest BCUT2D eigenvalue weighted by Crippen LogP contribution is -2.43. The van der Waals surface area contributed by atoms with Gasteiger partial charge in [-0.3, -0.25) is 9.59 Å². The zero-order chi connectivity index (χ0) is 22.7. The van der Waals surface area contributed by atoms with E-state index in [9.17, 15) is 14.7 Å². The highest BCUT2D eigenvalue weighted by Crippen LogP contribution is 2.45. The fourth-order valence-electron chi connectivity index (χ4n) is 5.59. The lowest BCUT2D eigenvalue weighted by atomic mass is 9.65. The average molecular weight is 433 g/mol. The van der Waals surface area contributed by atoms with E-state index in [2.05, 4.69) is 32.1 Å². The fourth-order valence-corrected chi connectivity index (χ4v) is 5.59. The molecule has 31 heavy (non-hydrogen) atoms. The summed E-state index contributed by atoms with van der Waals surface area (Å²) in [4.78, 5) is 24.8. The number of ether oxygens (including phenoxy) is 2. The Balaban J connectivity index is 1.74. The highest BCUT2D eigenvalue weighted by Gasteiger charge is 2.42. The van der Waals surface area contributed by atoms with Crippen LogP contribution in [0.25, 0.3) is 0 Å². The molecule has 0 spiro atoms. The van der Waals surface area contributed by atoms with Gasteiger partial charge in [-0.1, -0.05) is 45.9 Å². The molecule has 1 unspecified atom stereocenters. The number of carbonyl (C=O) groups excluding carboxylic acids is 2. The fraction of sp³-hybridized carbons (Fsp3) is 0.769. The zero-order valence-electron chi connectivity index (χ0n) is 19.8. The van der Waals surface area contributed by atoms with Crippen LogP contribution in [-0.2, 0) is 19.1 Å². The standard InChI is InChI=1S/C26H40O5/c1-6-18(7-2)26(29)31-23-13-15(3)12-19-9-8-16(4)21(24(19)23)11-10-20-14-22(27)17(5)25(28)30-20/h8-9,12,15-18,20-24,27H,6-7,10-11,13-14H2,1-5H3/t15-,16-,17?,20+,21-,22+,23-,24-/m0/s1. The van der Waals surface area contributed by atoms with Gasteiger partial charge >= 0.3 is 11.9 Å². The van der Waals surface area contributed by atoms with Gasteiger partial charge in [-0.2, -0.15) is 0 Å². The second kappa shape index (κ2) is 10.3. The van der Waals surface area contributed by atoms with Crippen LogP contribution in [0, 0.1) is 35.5 Å². The Kier molecular flexibility index (Phi) is 8.01. The van der Waals surface area contributed by atoms with Gasteiger partial charge < -0.3 is 14.6 Å². The number of aliphatic hydroxyl groups excluding tert-OH is 1. The average Bonchev–Trinajstić information content (AvgIpc) is 2.72. The van der Waals surface area contributed by atoms with Crippen LogP contribution < -0.4 is 0 Å². The number of allylic oxidation sites excluding steroid dienone is 3. The summed E-state index contributed by atoms with van der Waals surface area (Å²) >= 11 is 0. The molecule has 0 amide bonds. The smallest absolute Gasteiger partial charge is 0.311 e. The number of hydrogen-bond acceptors (Lipinski definition) is 5. The Morgan fingerprint density at radius 2 is 1.90 bits per heavy atom. The Hall–Kier alpha value is -1.62. The van der Waals surface area contributed by atoms with Crippen molar-refractivity contribution in [1.29, 1.82) is 0 Å². The van der Waals surface area contributed by atoms with Gasteiger partial charge in [-0.25, -0.2) is 0 Å². The van der Waals surface area contributed by atoms with E-state index in [4.69, 9.17) is 9.47 Å². The van der Waals surface area contributed by atoms with Gasteiger partial charge in [0, 0.05) is 12.3 Å². The van der Waals surface area contributed by atoms with Gasteiger partial charge in [0.2, 0.25) is 0 Å². The predicted molar refractivity (Wildman–Crippen MR) is 120 cm³/mol. The molecule has 1 aliphatic heterocycles. The summed E-state index contributed by atoms with van der Waals surface area (Å²) in [5.74, 6) is 0.373. The van der Waals surface area contributed by atoms with E-state index in [0.29, 0.717) is 24.2 Å². The topological polar surface area (TPSA) is 72.8 Å². The molecule has 0 bridgehead atoms. The Morgan fingerprint density at radius 1 is 1.19 bits per heavy atom. The molecule has 3 aliphatic rings. The second-order valence-corrected chi connectivity index (χ2v) is 10.0. The number of fused-ring (bicyclic) bond motifs is 1. The molecular formula is C26H40O5. The number of carbonyl (C=O) groups is 2. The largest absolute Gasteiger partial charge is 0.462 e. The number of cyclic esters (lactones) is 1. The Labute approximate surface area is 187 Å². The van der Waals surface area contributed by atoms with E-state index in [1.807, 2.05) is 13.8 Å². The minimum Gasteiger partial charge on any atom is -0.462 e. The summed E-state index contributed by atoms with van der Waals surface area (Å²) in [7, 11) is 0. The van der Waals surface area contributed by atoms with E-state index in [-0.39, 0.29) is 36.0 Å². The van der Waals surface area contributed by atoms with Crippen LogP contribution in [-0.4, -0.2) is 35.4 Å². The molecule has 3 rings (SSSR count). The molecule has 5 heteroatoms. The molecule has 1 saturated heterocycles. The van der Waals surface area contributed by atoms with Crippen molar-refractivity contribution >= 4 is 11.9 Å². The van der Waals surface area contributed by atoms with Gasteiger partial charge in [-0.05, 0) is 62.4 Å². The maximum Gasteiger partial charge on any atom is 0.311 e. The summed E-state index contributed by atoms with van der Waals surface area (Å²) in [6.07, 6.45) is 10.4. The minimum atomic E-state index is -0.630. The van der Waals surface area contributed by atoms with Crippen LogP contribution in [0.5, 0.6) is 0 Å². The van der Waals surface area contributed by atoms with Crippen molar-refractivity contribution in [2.24, 2.45) is 35.5 Å². The molecule has 0 saturated carbocycles. The van der Waals surface area contributed by atoms with Crippen LogP contribution >= 0.6 is 0 Å². The van der Waals surface area contributed by atoms with E-state index < -0.39 is 12.0 Å². The first-order valence-corrected chi connectivity index (χ1v) is 12.2. The summed E-state index contributed by atoms with van der Waals surface area (Å²) in [6, 6.07) is 0. The molecule has 8 atom stereocenters. The van der Waals surface area contributed by atoms with Crippen molar-refractivity contribution in [3.05, 3.63) is 23.8 Å². The molecule has 0 aromatic carbocycles. The monoisotopic (exact) mass is 432 g/mol. The minimum absolute atomic E-state index is 0.0372. The number of hydrogen-bond donors (Lipinski definition) is 1. The first kappa shape index (κ1) is 24.0. The summed E-state index contributed by atoms with van der Waals surface area (Å²) in [6.45, 7) is 10.2. The molecule has 2 aliphatic carbocycles. The van der Waals surface area contributed by atoms with Crippen molar-refractivity contribution in [2.75, 3.05) is 0 Å². The molecule has 1 N–H and O–H groups in total. The SMILES string of the molecule is CCC(CC)C(=O)O[C@H]1C[C@@H](C)C=C2C=C[C@H](C)[C@H](CC[C@@H]3C[C@@H](O)C(C)C(=O)O3)[C@H]21. The van der Waals surface area contributed by atoms with Crippen LogP contribution in [0.4, 0.5) is 0 Å². The highest BCUT2D eigenvalue weighted by atomic mass is 16.6. The lowest BCUT2D eigenvalue weighted by molar-refractivity contribution is -0.169. The quantitative estimate of drug-likeness (QED) is 0.583. The van der Waals surface area contributed by atoms with Crippen LogP contribution in [0.3, 0.4) is 0 Å². The Morgan fingerprint density at radius 3 is 2.55 bits per heavy atom. The maximum absolute atomic E-state index is 12.8. The molecule has 0 aromatic heterocycles. The Bertz CT molecular complexity index is 707. The van der Waals surface area contributed by atoms with E-state index in [1.165, 1.54) is 5.57 Å². The van der Waals surface area contributed by atoms with Crippen LogP contribution in [0.2, 0.25) is 0 Å². The zero-order valence-corrected chi connectivity index (χ0v) is 19.8. The summed E-state index contributed by atoms with van der Waals surface area (Å²) < 4.78 is 11.7. The first-order chi connectivity index (χ1) is 14.7. The van der Waals surface area contributed by atoms with Gasteiger partial charge in [0.15, 0.2) is 0 Å². The summed E-state index contributed by atoms with van der Waals surface area (Å²) in [5, 5.41) is 10.2. The molecule has 1 fully saturated rings. The number of esters is 2. The van der Waals surface area contributed by atoms with E-state index in [1.54, 1.807) is 6.92 Å². The van der Waals surface area contributed by atoms with Crippen molar-refractivity contribution in [3.8, 4) is 0 Å².